The van der Waals surface area contributed by atoms with Gasteiger partial charge in [0.05, 0.1) is 48.9 Å². The fourth-order valence-electron chi connectivity index (χ4n) is 3.65. The molecule has 2 N–H and O–H groups in total. The van der Waals surface area contributed by atoms with Gasteiger partial charge in [-0.05, 0) is 61.5 Å². The first-order valence-electron chi connectivity index (χ1n) is 11.3. The number of carbonyl (C=O) groups excluding carboxylic acids is 1. The third kappa shape index (κ3) is 7.05. The molecule has 0 bridgehead atoms. The van der Waals surface area contributed by atoms with Crippen molar-refractivity contribution in [2.24, 2.45) is 0 Å². The van der Waals surface area contributed by atoms with Crippen LogP contribution in [0.15, 0.2) is 65.6 Å². The van der Waals surface area contributed by atoms with Gasteiger partial charge in [0.1, 0.15) is 23.3 Å². The van der Waals surface area contributed by atoms with Gasteiger partial charge in [-0.2, -0.15) is 0 Å². The van der Waals surface area contributed by atoms with E-state index in [1.54, 1.807) is 6.07 Å². The van der Waals surface area contributed by atoms with Gasteiger partial charge in [0.15, 0.2) is 0 Å². The molecule has 0 aliphatic carbocycles. The predicted molar refractivity (Wildman–Crippen MR) is 150 cm³/mol. The van der Waals surface area contributed by atoms with Crippen LogP contribution >= 0.6 is 11.6 Å². The maximum absolute atomic E-state index is 13.0. The number of nitrogens with one attached hydrogen (secondary N) is 2. The summed E-state index contributed by atoms with van der Waals surface area (Å²) in [4.78, 5) is 12.9. The van der Waals surface area contributed by atoms with Crippen LogP contribution in [0.3, 0.4) is 0 Å². The van der Waals surface area contributed by atoms with Crippen LogP contribution in [-0.4, -0.2) is 56.4 Å². The highest BCUT2D eigenvalue weighted by Gasteiger charge is 2.30. The second kappa shape index (κ2) is 12.0. The molecular weight excluding hydrogens is 570 g/mol. The Morgan fingerprint density at radius 1 is 0.872 bits per heavy atom. The summed E-state index contributed by atoms with van der Waals surface area (Å²) in [5.74, 6) is 0.461. The van der Waals surface area contributed by atoms with Gasteiger partial charge in [-0.1, -0.05) is 11.6 Å². The van der Waals surface area contributed by atoms with Gasteiger partial charge in [0.2, 0.25) is 15.9 Å². The molecule has 1 atom stereocenters. The molecule has 0 aliphatic heterocycles. The molecular formula is C25H28ClN3O8S2. The summed E-state index contributed by atoms with van der Waals surface area (Å²) in [6.07, 6.45) is 0.972. The zero-order valence-electron chi connectivity index (χ0n) is 21.8. The monoisotopic (exact) mass is 597 g/mol. The summed E-state index contributed by atoms with van der Waals surface area (Å²) in [6, 6.07) is 13.2. The van der Waals surface area contributed by atoms with E-state index in [4.69, 9.17) is 25.8 Å². The lowest BCUT2D eigenvalue weighted by Gasteiger charge is -2.28. The van der Waals surface area contributed by atoms with Crippen LogP contribution in [0.1, 0.15) is 6.92 Å². The van der Waals surface area contributed by atoms with Gasteiger partial charge < -0.3 is 19.5 Å². The smallest absolute Gasteiger partial charge is 0.262 e. The van der Waals surface area contributed by atoms with Gasteiger partial charge in [0.25, 0.3) is 10.0 Å². The van der Waals surface area contributed by atoms with Crippen molar-refractivity contribution in [3.8, 4) is 17.2 Å². The number of hydrogen-bond donors (Lipinski definition) is 2. The highest BCUT2D eigenvalue weighted by atomic mass is 35.5. The topological polar surface area (TPSA) is 140 Å². The molecule has 0 fully saturated rings. The normalized spacial score (nSPS) is 12.3. The average molecular weight is 598 g/mol. The number of nitrogens with zero attached hydrogens (tertiary/aromatic N) is 1. The van der Waals surface area contributed by atoms with Crippen LogP contribution in [0.2, 0.25) is 5.02 Å². The van der Waals surface area contributed by atoms with Crippen LogP contribution in [0, 0.1) is 0 Å². The Kier molecular flexibility index (Phi) is 9.20. The average Bonchev–Trinajstić information content (AvgIpc) is 2.88. The number of benzene rings is 3. The minimum Gasteiger partial charge on any atom is -0.497 e. The fourth-order valence-corrected chi connectivity index (χ4v) is 6.14. The van der Waals surface area contributed by atoms with E-state index in [9.17, 15) is 21.6 Å². The molecule has 0 heterocycles. The number of halogens is 1. The largest absolute Gasteiger partial charge is 0.497 e. The Labute approximate surface area is 232 Å². The number of hydrogen-bond acceptors (Lipinski definition) is 8. The molecule has 0 saturated heterocycles. The minimum absolute atomic E-state index is 0.0722. The van der Waals surface area contributed by atoms with E-state index in [1.807, 2.05) is 0 Å². The van der Waals surface area contributed by atoms with Crippen molar-refractivity contribution in [3.05, 3.63) is 65.7 Å². The SMILES string of the molecule is COc1ccc(NS(=O)(=O)c2ccc(NC(=O)[C@@H](C)N(c3ccc(OC)c(Cl)c3)S(C)(=O)=O)cc2)c(OC)c1. The van der Waals surface area contributed by atoms with Crippen molar-refractivity contribution in [3.63, 3.8) is 0 Å². The van der Waals surface area contributed by atoms with Crippen LogP contribution < -0.4 is 28.6 Å². The number of rotatable bonds is 11. The van der Waals surface area contributed by atoms with E-state index in [-0.39, 0.29) is 32.7 Å². The lowest BCUT2D eigenvalue weighted by molar-refractivity contribution is -0.116. The second-order valence-corrected chi connectivity index (χ2v) is 12.2. The van der Waals surface area contributed by atoms with Crippen molar-refractivity contribution in [2.75, 3.05) is 41.9 Å². The number of amides is 1. The van der Waals surface area contributed by atoms with E-state index in [2.05, 4.69) is 10.0 Å². The number of ether oxygens (including phenoxy) is 3. The molecule has 210 valence electrons. The lowest BCUT2D eigenvalue weighted by Crippen LogP contribution is -2.45. The highest BCUT2D eigenvalue weighted by Crippen LogP contribution is 2.32. The van der Waals surface area contributed by atoms with Crippen molar-refractivity contribution in [2.45, 2.75) is 17.9 Å². The van der Waals surface area contributed by atoms with Gasteiger partial charge in [-0.15, -0.1) is 0 Å². The highest BCUT2D eigenvalue weighted by molar-refractivity contribution is 7.92. The van der Waals surface area contributed by atoms with Crippen LogP contribution in [0.25, 0.3) is 0 Å². The number of anilines is 3. The maximum Gasteiger partial charge on any atom is 0.262 e. The van der Waals surface area contributed by atoms with Crippen molar-refractivity contribution < 1.29 is 35.8 Å². The van der Waals surface area contributed by atoms with Gasteiger partial charge in [-0.25, -0.2) is 16.8 Å². The van der Waals surface area contributed by atoms with Crippen molar-refractivity contribution in [1.29, 1.82) is 0 Å². The molecule has 3 aromatic rings. The Morgan fingerprint density at radius 3 is 2.05 bits per heavy atom. The number of sulfonamides is 2. The van der Waals surface area contributed by atoms with E-state index >= 15 is 0 Å². The van der Waals surface area contributed by atoms with E-state index in [1.165, 1.54) is 82.9 Å². The molecule has 1 amide bonds. The zero-order valence-corrected chi connectivity index (χ0v) is 24.1. The molecule has 3 rings (SSSR count). The molecule has 0 spiro atoms. The standard InChI is InChI=1S/C25H28ClN3O8S2/c1-16(29(38(5,31)32)18-8-13-23(36-3)21(26)14-18)25(30)27-17-6-10-20(11-7-17)39(33,34)28-22-12-9-19(35-2)15-24(22)37-4/h6-16,28H,1-5H3,(H,27,30)/t16-/m1/s1. The molecule has 0 saturated carbocycles. The molecule has 14 heteroatoms. The first kappa shape index (κ1) is 29.9. The Bertz CT molecular complexity index is 1560. The Hall–Kier alpha value is -3.68. The van der Waals surface area contributed by atoms with Crippen LogP contribution in [-0.2, 0) is 24.8 Å². The fraction of sp³-hybridized carbons (Fsp3) is 0.240. The van der Waals surface area contributed by atoms with Gasteiger partial charge in [-0.3, -0.25) is 13.8 Å². The summed E-state index contributed by atoms with van der Waals surface area (Å²) in [5.41, 5.74) is 0.644. The first-order valence-corrected chi connectivity index (χ1v) is 15.0. The molecule has 3 aromatic carbocycles. The number of carbonyl (C=O) groups is 1. The third-order valence-corrected chi connectivity index (χ3v) is 8.48. The summed E-state index contributed by atoms with van der Waals surface area (Å²) in [7, 11) is -3.58. The van der Waals surface area contributed by atoms with Crippen LogP contribution in [0.4, 0.5) is 17.1 Å². The van der Waals surface area contributed by atoms with Gasteiger partial charge in [0, 0.05) is 11.8 Å². The molecule has 39 heavy (non-hydrogen) atoms. The van der Waals surface area contributed by atoms with Crippen molar-refractivity contribution in [1.82, 2.24) is 0 Å². The molecule has 11 nitrogen and oxygen atoms in total. The second-order valence-electron chi connectivity index (χ2n) is 8.24. The van der Waals surface area contributed by atoms with E-state index in [0.29, 0.717) is 11.5 Å². The summed E-state index contributed by atoms with van der Waals surface area (Å²) < 4.78 is 69.8. The quantitative estimate of drug-likeness (QED) is 0.338. The van der Waals surface area contributed by atoms with Crippen LogP contribution in [0.5, 0.6) is 17.2 Å². The Balaban J connectivity index is 1.79. The molecule has 0 unspecified atom stereocenters. The number of methoxy groups -OCH3 is 3. The summed E-state index contributed by atoms with van der Waals surface area (Å²) >= 11 is 6.16. The van der Waals surface area contributed by atoms with Crippen molar-refractivity contribution >= 4 is 54.6 Å². The van der Waals surface area contributed by atoms with Gasteiger partial charge >= 0.3 is 0 Å². The minimum atomic E-state index is -4.00. The predicted octanol–water partition coefficient (Wildman–Crippen LogP) is 3.96. The molecule has 0 aliphatic rings. The van der Waals surface area contributed by atoms with E-state index < -0.39 is 32.0 Å². The first-order chi connectivity index (χ1) is 18.3. The molecule has 0 aromatic heterocycles. The molecule has 0 radical (unpaired) electrons. The Morgan fingerprint density at radius 2 is 1.51 bits per heavy atom. The third-order valence-electron chi connectivity index (χ3n) is 5.56. The zero-order chi connectivity index (χ0) is 29.0. The maximum atomic E-state index is 13.0. The lowest BCUT2D eigenvalue weighted by atomic mass is 10.2. The summed E-state index contributed by atoms with van der Waals surface area (Å²) in [5, 5.41) is 2.78. The summed E-state index contributed by atoms with van der Waals surface area (Å²) in [6.45, 7) is 1.42. The van der Waals surface area contributed by atoms with E-state index in [0.717, 1.165) is 10.6 Å².